The van der Waals surface area contributed by atoms with Crippen molar-refractivity contribution >= 4 is 11.9 Å². The van der Waals surface area contributed by atoms with E-state index in [1.54, 1.807) is 0 Å². The number of aliphatic hydroxyl groups is 1. The number of carbonyl (C=O) groups is 2. The number of hydrogen-bond acceptors (Lipinski definition) is 10. The third kappa shape index (κ3) is 9.65. The van der Waals surface area contributed by atoms with Gasteiger partial charge in [0.15, 0.2) is 12.6 Å². The van der Waals surface area contributed by atoms with Crippen LogP contribution in [0.1, 0.15) is 29.9 Å². The van der Waals surface area contributed by atoms with Gasteiger partial charge >= 0.3 is 5.97 Å². The molecule has 11 heteroatoms. The number of esters is 1. The van der Waals surface area contributed by atoms with Crippen LogP contribution in [0.15, 0.2) is 91.0 Å². The van der Waals surface area contributed by atoms with Gasteiger partial charge in [0.2, 0.25) is 5.91 Å². The molecular weight excluding hydrogens is 580 g/mol. The molecule has 0 bridgehead atoms. The number of aliphatic hydroxyl groups excluding tert-OH is 1. The van der Waals surface area contributed by atoms with Crippen molar-refractivity contribution in [2.75, 3.05) is 26.3 Å². The number of hydrogen-bond donors (Lipinski definition) is 3. The largest absolute Gasteiger partial charge is 0.460 e. The number of ether oxygens (including phenoxy) is 6. The molecule has 7 atom stereocenters. The van der Waals surface area contributed by atoms with E-state index in [1.807, 2.05) is 91.0 Å². The van der Waals surface area contributed by atoms with Crippen LogP contribution in [0.2, 0.25) is 0 Å². The van der Waals surface area contributed by atoms with Crippen LogP contribution >= 0.6 is 0 Å². The first-order chi connectivity index (χ1) is 22.0. The van der Waals surface area contributed by atoms with Gasteiger partial charge in [0.1, 0.15) is 31.0 Å². The summed E-state index contributed by atoms with van der Waals surface area (Å²) >= 11 is 0. The van der Waals surface area contributed by atoms with E-state index in [1.165, 1.54) is 6.92 Å². The lowest BCUT2D eigenvalue weighted by molar-refractivity contribution is -0.350. The van der Waals surface area contributed by atoms with Gasteiger partial charge in [-0.3, -0.25) is 9.59 Å². The van der Waals surface area contributed by atoms with Crippen molar-refractivity contribution < 1.29 is 43.1 Å². The van der Waals surface area contributed by atoms with Gasteiger partial charge in [0, 0.05) is 19.0 Å². The normalized spacial score (nSPS) is 25.1. The van der Waals surface area contributed by atoms with Crippen molar-refractivity contribution in [3.8, 4) is 0 Å². The summed E-state index contributed by atoms with van der Waals surface area (Å²) in [6.07, 6.45) is -4.49. The summed E-state index contributed by atoms with van der Waals surface area (Å²) in [5, 5.41) is 16.6. The minimum Gasteiger partial charge on any atom is -0.460 e. The third-order valence-electron chi connectivity index (χ3n) is 7.41. The van der Waals surface area contributed by atoms with E-state index in [9.17, 15) is 14.7 Å². The van der Waals surface area contributed by atoms with Crippen molar-refractivity contribution in [1.29, 1.82) is 0 Å². The molecule has 2 aliphatic heterocycles. The summed E-state index contributed by atoms with van der Waals surface area (Å²) in [4.78, 5) is 24.5. The number of amides is 1. The van der Waals surface area contributed by atoms with Gasteiger partial charge in [-0.2, -0.15) is 0 Å². The molecular formula is C34H40N2O9. The molecule has 2 saturated heterocycles. The van der Waals surface area contributed by atoms with Crippen LogP contribution in [0.3, 0.4) is 0 Å². The second-order valence-corrected chi connectivity index (χ2v) is 11.0. The van der Waals surface area contributed by atoms with Crippen LogP contribution in [-0.2, 0) is 51.2 Å². The molecule has 3 aromatic rings. The van der Waals surface area contributed by atoms with Gasteiger partial charge in [-0.15, -0.1) is 0 Å². The smallest absolute Gasteiger partial charge is 0.320 e. The zero-order valence-electron chi connectivity index (χ0n) is 25.2. The van der Waals surface area contributed by atoms with E-state index in [0.29, 0.717) is 0 Å². The van der Waals surface area contributed by atoms with Crippen molar-refractivity contribution in [1.82, 2.24) is 10.6 Å². The lowest BCUT2D eigenvalue weighted by Crippen LogP contribution is -2.67. The zero-order chi connectivity index (χ0) is 31.4. The van der Waals surface area contributed by atoms with Gasteiger partial charge < -0.3 is 44.2 Å². The second-order valence-electron chi connectivity index (χ2n) is 11.0. The Morgan fingerprint density at radius 1 is 0.889 bits per heavy atom. The van der Waals surface area contributed by atoms with E-state index < -0.39 is 49.0 Å². The molecule has 240 valence electrons. The summed E-state index contributed by atoms with van der Waals surface area (Å²) in [5.41, 5.74) is 2.65. The number of nitrogens with one attached hydrogen (secondary N) is 2. The average Bonchev–Trinajstić information content (AvgIpc) is 3.07. The van der Waals surface area contributed by atoms with E-state index in [2.05, 4.69) is 10.6 Å². The molecule has 3 N–H and O–H groups in total. The first kappa shape index (κ1) is 32.7. The Bertz CT molecular complexity index is 1330. The summed E-state index contributed by atoms with van der Waals surface area (Å²) in [7, 11) is 0. The van der Waals surface area contributed by atoms with Crippen molar-refractivity contribution in [3.05, 3.63) is 108 Å². The quantitative estimate of drug-likeness (QED) is 0.231. The molecule has 11 nitrogen and oxygen atoms in total. The van der Waals surface area contributed by atoms with Crippen LogP contribution in [-0.4, -0.2) is 80.0 Å². The van der Waals surface area contributed by atoms with E-state index in [-0.39, 0.29) is 45.4 Å². The number of carbonyl (C=O) groups excluding carboxylic acids is 2. The zero-order valence-corrected chi connectivity index (χ0v) is 25.2. The first-order valence-electron chi connectivity index (χ1n) is 15.1. The maximum atomic E-state index is 12.4. The Hall–Kier alpha value is -3.68. The lowest BCUT2D eigenvalue weighted by atomic mass is 9.95. The van der Waals surface area contributed by atoms with Crippen LogP contribution in [0.4, 0.5) is 0 Å². The molecule has 0 aliphatic carbocycles. The minimum atomic E-state index is -0.973. The SMILES string of the molecule is CC(=O)N[C@H]1[C@@H](OCc2ccccc2)O[C@@H]2COC(c3ccccc3)O[C@H]2[C@@H]1OCC(O)CNCC(=O)OCc1ccccc1. The topological polar surface area (TPSA) is 134 Å². The van der Waals surface area contributed by atoms with E-state index in [4.69, 9.17) is 28.4 Å². The van der Waals surface area contributed by atoms with E-state index in [0.717, 1.165) is 16.7 Å². The van der Waals surface area contributed by atoms with Crippen molar-refractivity contribution in [2.24, 2.45) is 0 Å². The molecule has 0 spiro atoms. The first-order valence-corrected chi connectivity index (χ1v) is 15.1. The standard InChI is InChI=1S/C34H40N2O9/c1-23(37)36-30-32(41-21-27(38)17-35-18-29(39)40-19-24-11-5-2-6-12-24)31-28(22-43-33(45-31)26-15-9-4-10-16-26)44-34(30)42-20-25-13-7-3-8-14-25/h2-16,27-28,30-35,38H,17-22H2,1H3,(H,36,37)/t27?,28-,30-,31-,32-,33?,34+/m1/s1. The van der Waals surface area contributed by atoms with Crippen LogP contribution in [0.5, 0.6) is 0 Å². The van der Waals surface area contributed by atoms with Gasteiger partial charge in [-0.1, -0.05) is 91.0 Å². The molecule has 2 fully saturated rings. The highest BCUT2D eigenvalue weighted by molar-refractivity contribution is 5.73. The van der Waals surface area contributed by atoms with Gasteiger partial charge in [-0.05, 0) is 11.1 Å². The molecule has 45 heavy (non-hydrogen) atoms. The number of benzene rings is 3. The molecule has 2 unspecified atom stereocenters. The molecule has 5 rings (SSSR count). The molecule has 1 amide bonds. The molecule has 0 saturated carbocycles. The molecule has 0 radical (unpaired) electrons. The van der Waals surface area contributed by atoms with Crippen LogP contribution < -0.4 is 10.6 Å². The fourth-order valence-corrected chi connectivity index (χ4v) is 5.24. The fraction of sp³-hybridized carbons (Fsp3) is 0.412. The second kappa shape index (κ2) is 16.6. The molecule has 2 heterocycles. The Morgan fingerprint density at radius 3 is 2.20 bits per heavy atom. The van der Waals surface area contributed by atoms with Crippen LogP contribution in [0, 0.1) is 0 Å². The maximum absolute atomic E-state index is 12.4. The summed E-state index contributed by atoms with van der Waals surface area (Å²) in [6.45, 7) is 1.92. The fourth-order valence-electron chi connectivity index (χ4n) is 5.24. The van der Waals surface area contributed by atoms with Crippen molar-refractivity contribution in [2.45, 2.75) is 63.2 Å². The summed E-state index contributed by atoms with van der Waals surface area (Å²) < 4.78 is 36.4. The number of rotatable bonds is 14. The lowest BCUT2D eigenvalue weighted by Gasteiger charge is -2.49. The highest BCUT2D eigenvalue weighted by atomic mass is 16.8. The monoisotopic (exact) mass is 620 g/mol. The minimum absolute atomic E-state index is 0.0744. The predicted octanol–water partition coefficient (Wildman–Crippen LogP) is 2.63. The average molecular weight is 621 g/mol. The Balaban J connectivity index is 1.22. The third-order valence-corrected chi connectivity index (χ3v) is 7.41. The highest BCUT2D eigenvalue weighted by Crippen LogP contribution is 2.36. The molecule has 0 aromatic heterocycles. The Morgan fingerprint density at radius 2 is 1.53 bits per heavy atom. The molecule has 3 aromatic carbocycles. The predicted molar refractivity (Wildman–Crippen MR) is 162 cm³/mol. The Labute approximate surface area is 262 Å². The summed E-state index contributed by atoms with van der Waals surface area (Å²) in [5.74, 6) is -0.738. The van der Waals surface area contributed by atoms with E-state index >= 15 is 0 Å². The van der Waals surface area contributed by atoms with Gasteiger partial charge in [0.25, 0.3) is 0 Å². The van der Waals surface area contributed by atoms with Crippen LogP contribution in [0.25, 0.3) is 0 Å². The number of fused-ring (bicyclic) bond motifs is 1. The van der Waals surface area contributed by atoms with Crippen molar-refractivity contribution in [3.63, 3.8) is 0 Å². The molecule has 2 aliphatic rings. The van der Waals surface area contributed by atoms with Gasteiger partial charge in [-0.25, -0.2) is 0 Å². The summed E-state index contributed by atoms with van der Waals surface area (Å²) in [6, 6.07) is 27.8. The van der Waals surface area contributed by atoms with Gasteiger partial charge in [0.05, 0.1) is 32.5 Å². The highest BCUT2D eigenvalue weighted by Gasteiger charge is 2.51. The maximum Gasteiger partial charge on any atom is 0.320 e. The Kier molecular flexibility index (Phi) is 12.0.